The number of nitrogens with zero attached hydrogens (tertiary/aromatic N) is 1. The summed E-state index contributed by atoms with van der Waals surface area (Å²) in [5.74, 6) is 6.42. The Morgan fingerprint density at radius 3 is 2.30 bits per heavy atom. The smallest absolute Gasteiger partial charge is 0.0706 e. The van der Waals surface area contributed by atoms with Gasteiger partial charge in [0.05, 0.1) is 11.0 Å². The summed E-state index contributed by atoms with van der Waals surface area (Å²) in [5.41, 5.74) is 8.93. The van der Waals surface area contributed by atoms with Crippen LogP contribution in [0.25, 0.3) is 32.9 Å². The second-order valence-electron chi connectivity index (χ2n) is 7.99. The average molecular weight is 407 g/mol. The highest BCUT2D eigenvalue weighted by molar-refractivity contribution is 8.06. The van der Waals surface area contributed by atoms with E-state index in [1.807, 2.05) is 22.5 Å². The summed E-state index contributed by atoms with van der Waals surface area (Å²) in [4.78, 5) is 0. The van der Waals surface area contributed by atoms with Crippen LogP contribution in [0, 0.1) is 6.92 Å². The number of nitrogens with two attached hydrogens (primary N) is 1. The van der Waals surface area contributed by atoms with Crippen molar-refractivity contribution < 1.29 is 0 Å². The highest BCUT2D eigenvalue weighted by Gasteiger charge is 2.41. The molecule has 0 aliphatic carbocycles. The normalized spacial score (nSPS) is 18.2. The average Bonchev–Trinajstić information content (AvgIpc) is 3.54. The molecule has 146 valence electrons. The van der Waals surface area contributed by atoms with Crippen LogP contribution in [0.3, 0.4) is 0 Å². The number of aromatic nitrogens is 1. The summed E-state index contributed by atoms with van der Waals surface area (Å²) in [6.07, 6.45) is 0. The Bertz CT molecular complexity index is 1400. The topological polar surface area (TPSA) is 30.9 Å². The van der Waals surface area contributed by atoms with Gasteiger partial charge in [0.2, 0.25) is 0 Å². The van der Waals surface area contributed by atoms with Gasteiger partial charge in [0.25, 0.3) is 0 Å². The fourth-order valence-electron chi connectivity index (χ4n) is 4.79. The van der Waals surface area contributed by atoms with E-state index in [9.17, 15) is 0 Å². The van der Waals surface area contributed by atoms with Crippen LogP contribution in [0.2, 0.25) is 0 Å². The summed E-state index contributed by atoms with van der Waals surface area (Å²) < 4.78 is 1.82. The SMILES string of the molecule is Cc1c(-c2ccccc2C2SC2c2ccccc2)ccc2c1c1ccccc1n2N. The molecule has 5 aromatic rings. The van der Waals surface area contributed by atoms with E-state index in [-0.39, 0.29) is 0 Å². The van der Waals surface area contributed by atoms with Gasteiger partial charge in [0.1, 0.15) is 0 Å². The third kappa shape index (κ3) is 2.59. The van der Waals surface area contributed by atoms with Crippen molar-refractivity contribution in [2.75, 3.05) is 5.84 Å². The third-order valence-electron chi connectivity index (χ3n) is 6.31. The Balaban J connectivity index is 1.51. The number of hydrogen-bond donors (Lipinski definition) is 1. The van der Waals surface area contributed by atoms with Crippen molar-refractivity contribution in [3.8, 4) is 11.1 Å². The molecule has 30 heavy (non-hydrogen) atoms. The highest BCUT2D eigenvalue weighted by atomic mass is 32.2. The van der Waals surface area contributed by atoms with E-state index >= 15 is 0 Å². The Hall–Kier alpha value is -3.17. The van der Waals surface area contributed by atoms with Crippen LogP contribution in [-0.2, 0) is 0 Å². The van der Waals surface area contributed by atoms with Crippen molar-refractivity contribution in [3.05, 3.63) is 108 Å². The Kier molecular flexibility index (Phi) is 3.93. The first-order valence-electron chi connectivity index (χ1n) is 10.3. The zero-order chi connectivity index (χ0) is 20.2. The van der Waals surface area contributed by atoms with Gasteiger partial charge in [-0.25, -0.2) is 0 Å². The third-order valence-corrected chi connectivity index (χ3v) is 7.66. The van der Waals surface area contributed by atoms with Crippen LogP contribution < -0.4 is 5.84 Å². The van der Waals surface area contributed by atoms with E-state index in [0.717, 1.165) is 11.0 Å². The van der Waals surface area contributed by atoms with Gasteiger partial charge in [0.15, 0.2) is 0 Å². The molecule has 0 bridgehead atoms. The summed E-state index contributed by atoms with van der Waals surface area (Å²) in [6, 6.07) is 32.5. The van der Waals surface area contributed by atoms with Gasteiger partial charge >= 0.3 is 0 Å². The summed E-state index contributed by atoms with van der Waals surface area (Å²) in [5, 5.41) is 3.52. The molecule has 1 aromatic heterocycles. The van der Waals surface area contributed by atoms with Crippen molar-refractivity contribution in [2.24, 2.45) is 0 Å². The molecule has 2 N–H and O–H groups in total. The van der Waals surface area contributed by atoms with E-state index < -0.39 is 0 Å². The molecule has 4 aromatic carbocycles. The zero-order valence-corrected chi connectivity index (χ0v) is 17.6. The van der Waals surface area contributed by atoms with Gasteiger partial charge in [0, 0.05) is 21.3 Å². The number of fused-ring (bicyclic) bond motifs is 3. The molecule has 1 saturated heterocycles. The molecule has 3 heteroatoms. The van der Waals surface area contributed by atoms with Crippen LogP contribution in [0.5, 0.6) is 0 Å². The lowest BCUT2D eigenvalue weighted by Crippen LogP contribution is -2.06. The number of para-hydroxylation sites is 1. The van der Waals surface area contributed by atoms with E-state index in [2.05, 4.69) is 91.9 Å². The molecule has 0 amide bonds. The van der Waals surface area contributed by atoms with E-state index in [0.29, 0.717) is 10.5 Å². The minimum atomic E-state index is 0.509. The quantitative estimate of drug-likeness (QED) is 0.258. The second-order valence-corrected chi connectivity index (χ2v) is 9.28. The van der Waals surface area contributed by atoms with Gasteiger partial charge in [-0.3, -0.25) is 4.68 Å². The first kappa shape index (κ1) is 17.7. The standard InChI is InChI=1S/C27H22N2S/c1-17-19(15-16-24-25(17)22-13-7-8-14-23(22)29(24)28)20-11-5-6-12-21(20)27-26(30-27)18-9-3-2-4-10-18/h2-16,26-27H,28H2,1H3. The van der Waals surface area contributed by atoms with Crippen molar-refractivity contribution >= 4 is 33.6 Å². The lowest BCUT2D eigenvalue weighted by molar-refractivity contribution is 1.03. The molecule has 0 spiro atoms. The largest absolute Gasteiger partial charge is 0.339 e. The molecule has 1 aliphatic heterocycles. The number of rotatable bonds is 3. The van der Waals surface area contributed by atoms with Crippen LogP contribution in [-0.4, -0.2) is 4.68 Å². The maximum Gasteiger partial charge on any atom is 0.0706 e. The number of hydrogen-bond acceptors (Lipinski definition) is 2. The molecule has 1 fully saturated rings. The number of benzene rings is 4. The number of nitrogen functional groups attached to an aromatic ring is 1. The summed E-state index contributed by atoms with van der Waals surface area (Å²) in [7, 11) is 0. The Labute approximate surface area is 180 Å². The van der Waals surface area contributed by atoms with E-state index in [1.54, 1.807) is 0 Å². The molecule has 0 saturated carbocycles. The Morgan fingerprint density at radius 2 is 1.43 bits per heavy atom. The fourth-order valence-corrected chi connectivity index (χ4v) is 5.99. The van der Waals surface area contributed by atoms with E-state index in [4.69, 9.17) is 5.84 Å². The molecule has 6 rings (SSSR count). The van der Waals surface area contributed by atoms with Crippen LogP contribution >= 0.6 is 11.8 Å². The molecule has 2 unspecified atom stereocenters. The number of thioether (sulfide) groups is 1. The van der Waals surface area contributed by atoms with Crippen molar-refractivity contribution in [3.63, 3.8) is 0 Å². The zero-order valence-electron chi connectivity index (χ0n) is 16.7. The minimum Gasteiger partial charge on any atom is -0.339 e. The molecule has 2 atom stereocenters. The number of aryl methyl sites for hydroxylation is 1. The van der Waals surface area contributed by atoms with Gasteiger partial charge in [-0.05, 0) is 46.9 Å². The first-order chi connectivity index (χ1) is 14.7. The monoisotopic (exact) mass is 406 g/mol. The van der Waals surface area contributed by atoms with Crippen molar-refractivity contribution in [1.29, 1.82) is 0 Å². The van der Waals surface area contributed by atoms with Gasteiger partial charge in [-0.2, -0.15) is 0 Å². The summed E-state index contributed by atoms with van der Waals surface area (Å²) >= 11 is 2.04. The first-order valence-corrected chi connectivity index (χ1v) is 11.3. The van der Waals surface area contributed by atoms with Crippen molar-refractivity contribution in [1.82, 2.24) is 4.68 Å². The predicted octanol–water partition coefficient (Wildman–Crippen LogP) is 7.01. The minimum absolute atomic E-state index is 0.509. The van der Waals surface area contributed by atoms with Crippen LogP contribution in [0.4, 0.5) is 0 Å². The molecule has 2 nitrogen and oxygen atoms in total. The van der Waals surface area contributed by atoms with E-state index in [1.165, 1.54) is 38.6 Å². The molecular formula is C27H22N2S. The molecule has 1 aliphatic rings. The molecule has 2 heterocycles. The maximum atomic E-state index is 6.42. The summed E-state index contributed by atoms with van der Waals surface area (Å²) in [6.45, 7) is 2.23. The van der Waals surface area contributed by atoms with Gasteiger partial charge in [-0.1, -0.05) is 78.9 Å². The van der Waals surface area contributed by atoms with Crippen LogP contribution in [0.15, 0.2) is 91.0 Å². The lowest BCUT2D eigenvalue weighted by Gasteiger charge is -2.13. The van der Waals surface area contributed by atoms with Gasteiger partial charge in [-0.15, -0.1) is 11.8 Å². The Morgan fingerprint density at radius 1 is 0.700 bits per heavy atom. The lowest BCUT2D eigenvalue weighted by atomic mass is 9.91. The molecular weight excluding hydrogens is 384 g/mol. The fraction of sp³-hybridized carbons (Fsp3) is 0.111. The predicted molar refractivity (Wildman–Crippen MR) is 129 cm³/mol. The maximum absolute atomic E-state index is 6.42. The van der Waals surface area contributed by atoms with Crippen LogP contribution in [0.1, 0.15) is 27.2 Å². The van der Waals surface area contributed by atoms with Gasteiger partial charge < -0.3 is 5.84 Å². The highest BCUT2D eigenvalue weighted by Crippen LogP contribution is 2.67. The second kappa shape index (κ2) is 6.68. The molecule has 0 radical (unpaired) electrons. The van der Waals surface area contributed by atoms with Crippen molar-refractivity contribution in [2.45, 2.75) is 17.4 Å².